The second-order valence-electron chi connectivity index (χ2n) is 6.96. The zero-order valence-electron chi connectivity index (χ0n) is 15.6. The van der Waals surface area contributed by atoms with Crippen LogP contribution >= 0.6 is 11.3 Å². The van der Waals surface area contributed by atoms with Crippen molar-refractivity contribution < 1.29 is 9.53 Å². The number of hydrogen-bond donors (Lipinski definition) is 0. The summed E-state index contributed by atoms with van der Waals surface area (Å²) in [4.78, 5) is 19.6. The average Bonchev–Trinajstić information content (AvgIpc) is 3.16. The predicted molar refractivity (Wildman–Crippen MR) is 110 cm³/mol. The maximum atomic E-state index is 12.9. The van der Waals surface area contributed by atoms with E-state index in [-0.39, 0.29) is 5.91 Å². The Balaban J connectivity index is 1.40. The van der Waals surface area contributed by atoms with Crippen molar-refractivity contribution in [1.29, 1.82) is 0 Å². The molecule has 0 radical (unpaired) electrons. The highest BCUT2D eigenvalue weighted by atomic mass is 32.1. The molecule has 1 saturated heterocycles. The molecule has 27 heavy (non-hydrogen) atoms. The van der Waals surface area contributed by atoms with E-state index in [1.807, 2.05) is 35.2 Å². The number of carbonyl (C=O) groups excluding carboxylic acids is 1. The molecular formula is C22H24N2O2S. The Morgan fingerprint density at radius 1 is 1.19 bits per heavy atom. The average molecular weight is 381 g/mol. The van der Waals surface area contributed by atoms with Gasteiger partial charge < -0.3 is 9.64 Å². The third kappa shape index (κ3) is 3.98. The van der Waals surface area contributed by atoms with Crippen molar-refractivity contribution >= 4 is 27.5 Å². The molecule has 0 atom stereocenters. The molecule has 1 aromatic heterocycles. The fraction of sp³-hybridized carbons (Fsp3) is 0.364. The van der Waals surface area contributed by atoms with Crippen molar-refractivity contribution in [3.63, 3.8) is 0 Å². The number of piperidine rings is 1. The van der Waals surface area contributed by atoms with Crippen LogP contribution in [-0.2, 0) is 0 Å². The maximum absolute atomic E-state index is 12.9. The smallest absolute Gasteiger partial charge is 0.253 e. The van der Waals surface area contributed by atoms with Crippen LogP contribution in [0.1, 0.15) is 47.5 Å². The van der Waals surface area contributed by atoms with E-state index in [1.54, 1.807) is 11.3 Å². The van der Waals surface area contributed by atoms with E-state index in [0.717, 1.165) is 43.6 Å². The SMILES string of the molecule is CCCOc1cccc(C(=O)N2CCC(c3nc4ccccc4s3)CC2)c1. The largest absolute Gasteiger partial charge is 0.494 e. The van der Waals surface area contributed by atoms with Crippen molar-refractivity contribution in [3.8, 4) is 5.75 Å². The van der Waals surface area contributed by atoms with Crippen molar-refractivity contribution in [3.05, 3.63) is 59.1 Å². The minimum Gasteiger partial charge on any atom is -0.494 e. The number of likely N-dealkylation sites (tertiary alicyclic amines) is 1. The zero-order valence-corrected chi connectivity index (χ0v) is 16.4. The first-order chi connectivity index (χ1) is 13.2. The normalized spacial score (nSPS) is 15.2. The second-order valence-corrected chi connectivity index (χ2v) is 8.02. The first-order valence-corrected chi connectivity index (χ1v) is 10.4. The lowest BCUT2D eigenvalue weighted by Crippen LogP contribution is -2.37. The number of nitrogens with zero attached hydrogens (tertiary/aromatic N) is 2. The number of hydrogen-bond acceptors (Lipinski definition) is 4. The van der Waals surface area contributed by atoms with Gasteiger partial charge in [0.05, 0.1) is 21.8 Å². The van der Waals surface area contributed by atoms with E-state index >= 15 is 0 Å². The summed E-state index contributed by atoms with van der Waals surface area (Å²) >= 11 is 1.79. The molecule has 3 aromatic rings. The van der Waals surface area contributed by atoms with E-state index < -0.39 is 0 Å². The number of para-hydroxylation sites is 1. The van der Waals surface area contributed by atoms with Crippen LogP contribution in [0, 0.1) is 0 Å². The summed E-state index contributed by atoms with van der Waals surface area (Å²) in [7, 11) is 0. The Morgan fingerprint density at radius 3 is 2.78 bits per heavy atom. The van der Waals surface area contributed by atoms with Gasteiger partial charge in [-0.25, -0.2) is 4.98 Å². The third-order valence-corrected chi connectivity index (χ3v) is 6.19. The van der Waals surface area contributed by atoms with Crippen molar-refractivity contribution in [2.45, 2.75) is 32.1 Å². The Labute approximate surface area is 163 Å². The minimum absolute atomic E-state index is 0.0969. The molecule has 1 aliphatic rings. The van der Waals surface area contributed by atoms with E-state index in [9.17, 15) is 4.79 Å². The maximum Gasteiger partial charge on any atom is 0.253 e. The molecule has 4 rings (SSSR count). The predicted octanol–water partition coefficient (Wildman–Crippen LogP) is 5.10. The Morgan fingerprint density at radius 2 is 2.00 bits per heavy atom. The molecule has 0 saturated carbocycles. The number of thiazole rings is 1. The topological polar surface area (TPSA) is 42.4 Å². The number of ether oxygens (including phenoxy) is 1. The highest BCUT2D eigenvalue weighted by molar-refractivity contribution is 7.18. The van der Waals surface area contributed by atoms with Crippen LogP contribution in [0.2, 0.25) is 0 Å². The number of amides is 1. The lowest BCUT2D eigenvalue weighted by molar-refractivity contribution is 0.0712. The van der Waals surface area contributed by atoms with Gasteiger partial charge in [-0.05, 0) is 49.6 Å². The number of benzene rings is 2. The molecule has 1 fully saturated rings. The molecule has 0 aliphatic carbocycles. The summed E-state index contributed by atoms with van der Waals surface area (Å²) < 4.78 is 6.90. The van der Waals surface area contributed by atoms with Crippen LogP contribution in [0.4, 0.5) is 0 Å². The van der Waals surface area contributed by atoms with Gasteiger partial charge in [0.2, 0.25) is 0 Å². The molecule has 2 heterocycles. The Kier molecular flexibility index (Phi) is 5.39. The quantitative estimate of drug-likeness (QED) is 0.618. The molecule has 0 N–H and O–H groups in total. The van der Waals surface area contributed by atoms with Gasteiger partial charge in [0.25, 0.3) is 5.91 Å². The van der Waals surface area contributed by atoms with E-state index in [0.29, 0.717) is 18.1 Å². The molecule has 1 aliphatic heterocycles. The zero-order chi connectivity index (χ0) is 18.6. The van der Waals surface area contributed by atoms with Crippen LogP contribution < -0.4 is 4.74 Å². The molecule has 0 unspecified atom stereocenters. The molecule has 1 amide bonds. The fourth-order valence-corrected chi connectivity index (χ4v) is 4.65. The van der Waals surface area contributed by atoms with Gasteiger partial charge >= 0.3 is 0 Å². The molecule has 5 heteroatoms. The van der Waals surface area contributed by atoms with Gasteiger partial charge in [0.1, 0.15) is 5.75 Å². The summed E-state index contributed by atoms with van der Waals surface area (Å²) in [6.07, 6.45) is 2.90. The van der Waals surface area contributed by atoms with Gasteiger partial charge in [0.15, 0.2) is 0 Å². The monoisotopic (exact) mass is 380 g/mol. The molecule has 140 valence electrons. The number of rotatable bonds is 5. The summed E-state index contributed by atoms with van der Waals surface area (Å²) in [5.74, 6) is 1.32. The van der Waals surface area contributed by atoms with Crippen LogP contribution in [0.25, 0.3) is 10.2 Å². The first kappa shape index (κ1) is 18.0. The molecular weight excluding hydrogens is 356 g/mol. The van der Waals surface area contributed by atoms with Crippen molar-refractivity contribution in [2.75, 3.05) is 19.7 Å². The van der Waals surface area contributed by atoms with Crippen LogP contribution in [-0.4, -0.2) is 35.5 Å². The molecule has 0 bridgehead atoms. The van der Waals surface area contributed by atoms with Gasteiger partial charge in [0, 0.05) is 24.6 Å². The van der Waals surface area contributed by atoms with Crippen LogP contribution in [0.15, 0.2) is 48.5 Å². The third-order valence-electron chi connectivity index (χ3n) is 5.00. The fourth-order valence-electron chi connectivity index (χ4n) is 3.52. The molecule has 2 aromatic carbocycles. The van der Waals surface area contributed by atoms with Crippen LogP contribution in [0.5, 0.6) is 5.75 Å². The summed E-state index contributed by atoms with van der Waals surface area (Å²) in [6, 6.07) is 15.8. The van der Waals surface area contributed by atoms with E-state index in [4.69, 9.17) is 9.72 Å². The lowest BCUT2D eigenvalue weighted by Gasteiger charge is -2.31. The van der Waals surface area contributed by atoms with Gasteiger partial charge in [-0.15, -0.1) is 11.3 Å². The van der Waals surface area contributed by atoms with Crippen molar-refractivity contribution in [2.24, 2.45) is 0 Å². The number of fused-ring (bicyclic) bond motifs is 1. The standard InChI is InChI=1S/C22H24N2O2S/c1-2-14-26-18-7-5-6-17(15-18)22(25)24-12-10-16(11-13-24)21-23-19-8-3-4-9-20(19)27-21/h3-9,15-16H,2,10-14H2,1H3. The Hall–Kier alpha value is -2.40. The first-order valence-electron chi connectivity index (χ1n) is 9.62. The highest BCUT2D eigenvalue weighted by Gasteiger charge is 2.26. The lowest BCUT2D eigenvalue weighted by atomic mass is 9.97. The van der Waals surface area contributed by atoms with Crippen LogP contribution in [0.3, 0.4) is 0 Å². The molecule has 0 spiro atoms. The van der Waals surface area contributed by atoms with Crippen molar-refractivity contribution in [1.82, 2.24) is 9.88 Å². The highest BCUT2D eigenvalue weighted by Crippen LogP contribution is 2.34. The minimum atomic E-state index is 0.0969. The van der Waals surface area contributed by atoms with Gasteiger partial charge in [-0.3, -0.25) is 4.79 Å². The Bertz CT molecular complexity index is 896. The summed E-state index contributed by atoms with van der Waals surface area (Å²) in [5, 5.41) is 1.21. The van der Waals surface area contributed by atoms with Gasteiger partial charge in [-0.1, -0.05) is 25.1 Å². The number of carbonyl (C=O) groups is 1. The summed E-state index contributed by atoms with van der Waals surface area (Å²) in [6.45, 7) is 4.30. The second kappa shape index (κ2) is 8.09. The van der Waals surface area contributed by atoms with Gasteiger partial charge in [-0.2, -0.15) is 0 Å². The molecule has 4 nitrogen and oxygen atoms in total. The number of aromatic nitrogens is 1. The van der Waals surface area contributed by atoms with E-state index in [1.165, 1.54) is 9.71 Å². The summed E-state index contributed by atoms with van der Waals surface area (Å²) in [5.41, 5.74) is 1.79. The van der Waals surface area contributed by atoms with E-state index in [2.05, 4.69) is 25.1 Å².